The van der Waals surface area contributed by atoms with Gasteiger partial charge in [-0.2, -0.15) is 0 Å². The van der Waals surface area contributed by atoms with Gasteiger partial charge in [0.1, 0.15) is 5.82 Å². The summed E-state index contributed by atoms with van der Waals surface area (Å²) in [4.78, 5) is 0. The van der Waals surface area contributed by atoms with E-state index in [-0.39, 0.29) is 28.5 Å². The second kappa shape index (κ2) is 6.60. The number of nitrogens with zero attached hydrogens (tertiary/aromatic N) is 2. The van der Waals surface area contributed by atoms with E-state index in [2.05, 4.69) is 10.2 Å². The van der Waals surface area contributed by atoms with Crippen LogP contribution in [0.4, 0.5) is 4.39 Å². The number of sulfone groups is 1. The summed E-state index contributed by atoms with van der Waals surface area (Å²) in [5, 5.41) is 8.49. The van der Waals surface area contributed by atoms with Gasteiger partial charge in [-0.25, -0.2) is 12.8 Å². The van der Waals surface area contributed by atoms with Crippen molar-refractivity contribution in [2.45, 2.75) is 30.2 Å². The normalized spacial score (nSPS) is 21.4. The van der Waals surface area contributed by atoms with E-state index >= 15 is 0 Å². The van der Waals surface area contributed by atoms with E-state index in [1.54, 1.807) is 12.1 Å². The van der Waals surface area contributed by atoms with Crippen molar-refractivity contribution in [3.8, 4) is 0 Å². The third-order valence-corrected chi connectivity index (χ3v) is 6.68. The third kappa shape index (κ3) is 4.32. The van der Waals surface area contributed by atoms with E-state index in [1.807, 2.05) is 6.92 Å². The molecule has 3 rings (SSSR count). The van der Waals surface area contributed by atoms with Gasteiger partial charge >= 0.3 is 0 Å². The van der Waals surface area contributed by atoms with Crippen LogP contribution in [-0.2, 0) is 16.3 Å². The maximum Gasteiger partial charge on any atom is 0.277 e. The monoisotopic (exact) mass is 356 g/mol. The van der Waals surface area contributed by atoms with Crippen molar-refractivity contribution >= 4 is 21.6 Å². The van der Waals surface area contributed by atoms with Gasteiger partial charge in [0.25, 0.3) is 5.22 Å². The first kappa shape index (κ1) is 16.4. The van der Waals surface area contributed by atoms with Crippen LogP contribution < -0.4 is 0 Å². The minimum absolute atomic E-state index is 0.0516. The topological polar surface area (TPSA) is 73.1 Å². The Balaban J connectivity index is 1.60. The zero-order chi connectivity index (χ0) is 16.4. The van der Waals surface area contributed by atoms with Crippen molar-refractivity contribution in [1.29, 1.82) is 0 Å². The molecule has 0 unspecified atom stereocenters. The summed E-state index contributed by atoms with van der Waals surface area (Å²) in [6.45, 7) is 1.98. The molecule has 23 heavy (non-hydrogen) atoms. The van der Waals surface area contributed by atoms with Gasteiger partial charge in [-0.15, -0.1) is 10.2 Å². The molecule has 0 spiro atoms. The second-order valence-corrected chi connectivity index (χ2v) is 9.27. The van der Waals surface area contributed by atoms with Crippen molar-refractivity contribution in [3.05, 3.63) is 41.5 Å². The molecule has 1 aliphatic heterocycles. The molecule has 2 atom stereocenters. The maximum atomic E-state index is 12.9. The van der Waals surface area contributed by atoms with E-state index in [0.29, 0.717) is 24.0 Å². The van der Waals surface area contributed by atoms with Crippen molar-refractivity contribution < 1.29 is 17.2 Å². The van der Waals surface area contributed by atoms with Gasteiger partial charge in [-0.3, -0.25) is 0 Å². The quantitative estimate of drug-likeness (QED) is 0.767. The Morgan fingerprint density at radius 2 is 2.09 bits per heavy atom. The molecule has 2 aromatic rings. The molecule has 1 saturated heterocycles. The molecular formula is C15H17FN2O3S2. The molecule has 1 fully saturated rings. The van der Waals surface area contributed by atoms with E-state index in [4.69, 9.17) is 4.42 Å². The zero-order valence-corrected chi connectivity index (χ0v) is 14.2. The Labute approximate surface area is 138 Å². The Morgan fingerprint density at radius 1 is 1.35 bits per heavy atom. The highest BCUT2D eigenvalue weighted by Crippen LogP contribution is 2.34. The molecule has 1 aromatic carbocycles. The Kier molecular flexibility index (Phi) is 4.72. The fourth-order valence-electron chi connectivity index (χ4n) is 2.60. The van der Waals surface area contributed by atoms with Crippen LogP contribution in [0.5, 0.6) is 0 Å². The molecule has 8 heteroatoms. The molecule has 0 amide bonds. The van der Waals surface area contributed by atoms with Crippen molar-refractivity contribution in [2.75, 3.05) is 11.5 Å². The largest absolute Gasteiger partial charge is 0.416 e. The predicted molar refractivity (Wildman–Crippen MR) is 85.4 cm³/mol. The number of rotatable bonds is 5. The van der Waals surface area contributed by atoms with Gasteiger partial charge in [0, 0.05) is 11.7 Å². The van der Waals surface area contributed by atoms with Crippen LogP contribution in [-0.4, -0.2) is 30.1 Å². The Hall–Kier alpha value is -1.41. The molecule has 0 N–H and O–H groups in total. The fraction of sp³-hybridized carbons (Fsp3) is 0.467. The first-order chi connectivity index (χ1) is 10.9. The summed E-state index contributed by atoms with van der Waals surface area (Å²) in [5.41, 5.74) is 0.970. The Morgan fingerprint density at radius 3 is 2.74 bits per heavy atom. The van der Waals surface area contributed by atoms with Crippen LogP contribution in [0, 0.1) is 11.7 Å². The van der Waals surface area contributed by atoms with Crippen LogP contribution in [0.3, 0.4) is 0 Å². The molecular weight excluding hydrogens is 339 g/mol. The van der Waals surface area contributed by atoms with Crippen LogP contribution >= 0.6 is 11.8 Å². The minimum atomic E-state index is -2.89. The molecule has 0 saturated carbocycles. The average molecular weight is 356 g/mol. The van der Waals surface area contributed by atoms with Crippen molar-refractivity contribution in [3.63, 3.8) is 0 Å². The first-order valence-corrected chi connectivity index (χ1v) is 10.1. The minimum Gasteiger partial charge on any atom is -0.416 e. The lowest BCUT2D eigenvalue weighted by molar-refractivity contribution is 0.389. The molecule has 1 aliphatic rings. The highest BCUT2D eigenvalue weighted by Gasteiger charge is 2.29. The summed E-state index contributed by atoms with van der Waals surface area (Å²) < 4.78 is 41.5. The van der Waals surface area contributed by atoms with Crippen LogP contribution in [0.15, 0.2) is 33.9 Å². The first-order valence-electron chi connectivity index (χ1n) is 7.36. The van der Waals surface area contributed by atoms with Crippen LogP contribution in [0.1, 0.15) is 30.0 Å². The number of benzene rings is 1. The lowest BCUT2D eigenvalue weighted by atomic mass is 10.1. The molecule has 0 bridgehead atoms. The second-order valence-electron chi connectivity index (χ2n) is 5.75. The van der Waals surface area contributed by atoms with Gasteiger partial charge in [0.05, 0.1) is 11.5 Å². The lowest BCUT2D eigenvalue weighted by Gasteiger charge is -2.08. The third-order valence-electron chi connectivity index (χ3n) is 3.86. The van der Waals surface area contributed by atoms with Gasteiger partial charge in [0.2, 0.25) is 5.89 Å². The molecule has 124 valence electrons. The number of hydrogen-bond donors (Lipinski definition) is 0. The van der Waals surface area contributed by atoms with Crippen LogP contribution in [0.25, 0.3) is 0 Å². The van der Waals surface area contributed by atoms with E-state index in [0.717, 1.165) is 5.56 Å². The SMILES string of the molecule is C[C@H](Sc1nnc(C[C@@H]2CCS(=O)(=O)C2)o1)c1ccc(F)cc1. The fourth-order valence-corrected chi connectivity index (χ4v) is 5.29. The van der Waals surface area contributed by atoms with Crippen molar-refractivity contribution in [2.24, 2.45) is 5.92 Å². The van der Waals surface area contributed by atoms with Gasteiger partial charge < -0.3 is 4.42 Å². The molecule has 1 aromatic heterocycles. The van der Waals surface area contributed by atoms with Gasteiger partial charge in [-0.1, -0.05) is 23.9 Å². The molecule has 5 nitrogen and oxygen atoms in total. The maximum absolute atomic E-state index is 12.9. The average Bonchev–Trinajstić information content (AvgIpc) is 3.06. The summed E-state index contributed by atoms with van der Waals surface area (Å²) in [5.74, 6) is 0.713. The summed E-state index contributed by atoms with van der Waals surface area (Å²) in [7, 11) is -2.89. The molecule has 0 aliphatic carbocycles. The molecule has 0 radical (unpaired) electrons. The summed E-state index contributed by atoms with van der Waals surface area (Å²) in [6.07, 6.45) is 1.15. The number of thioether (sulfide) groups is 1. The Bertz CT molecular complexity index is 774. The van der Waals surface area contributed by atoms with E-state index in [1.165, 1.54) is 23.9 Å². The summed E-state index contributed by atoms with van der Waals surface area (Å²) >= 11 is 1.40. The van der Waals surface area contributed by atoms with Crippen molar-refractivity contribution in [1.82, 2.24) is 10.2 Å². The van der Waals surface area contributed by atoms with Gasteiger partial charge in [0.15, 0.2) is 9.84 Å². The standard InChI is InChI=1S/C15H17FN2O3S2/c1-10(12-2-4-13(16)5-3-12)22-15-18-17-14(21-15)8-11-6-7-23(19,20)9-11/h2-5,10-11H,6-9H2,1H3/t10-,11-/m0/s1. The predicted octanol–water partition coefficient (Wildman–Crippen LogP) is 3.04. The smallest absolute Gasteiger partial charge is 0.277 e. The number of hydrogen-bond acceptors (Lipinski definition) is 6. The van der Waals surface area contributed by atoms with Gasteiger partial charge in [-0.05, 0) is 37.0 Å². The highest BCUT2D eigenvalue weighted by molar-refractivity contribution is 7.99. The highest BCUT2D eigenvalue weighted by atomic mass is 32.2. The number of aromatic nitrogens is 2. The zero-order valence-electron chi connectivity index (χ0n) is 12.6. The van der Waals surface area contributed by atoms with Crippen LogP contribution in [0.2, 0.25) is 0 Å². The number of halogens is 1. The lowest BCUT2D eigenvalue weighted by Crippen LogP contribution is -2.07. The summed E-state index contributed by atoms with van der Waals surface area (Å²) in [6, 6.07) is 6.31. The molecule has 2 heterocycles. The van der Waals surface area contributed by atoms with E-state index in [9.17, 15) is 12.8 Å². The van der Waals surface area contributed by atoms with E-state index < -0.39 is 9.84 Å².